The van der Waals surface area contributed by atoms with Gasteiger partial charge in [-0.05, 0) is 34.1 Å². The molecule has 1 atom stereocenters. The average Bonchev–Trinajstić information content (AvgIpc) is 2.44. The molecule has 0 spiro atoms. The number of carbonyl (C=O) groups is 1. The van der Waals surface area contributed by atoms with Crippen molar-refractivity contribution >= 4 is 21.1 Å². The molecule has 0 aromatic heterocycles. The van der Waals surface area contributed by atoms with E-state index in [-0.39, 0.29) is 44.9 Å². The Morgan fingerprint density at radius 2 is 1.35 bits per heavy atom. The van der Waals surface area contributed by atoms with E-state index in [1.165, 1.54) is 6.92 Å². The van der Waals surface area contributed by atoms with Gasteiger partial charge in [-0.15, -0.1) is 0 Å². The predicted octanol–water partition coefficient (Wildman–Crippen LogP) is 3.37. The fourth-order valence-corrected chi connectivity index (χ4v) is 5.80. The average molecular weight is 373 g/mol. The van der Waals surface area contributed by atoms with Crippen molar-refractivity contribution in [1.82, 2.24) is 5.32 Å². The van der Waals surface area contributed by atoms with Crippen molar-refractivity contribution < 1.29 is 32.0 Å². The Morgan fingerprint density at radius 3 is 1.70 bits per heavy atom. The SMILES string of the molecule is CCOP(=O)(CCC(NC(C)=O)P(=O)(OCC)OCC)OCC. The van der Waals surface area contributed by atoms with Crippen molar-refractivity contribution in [2.45, 2.75) is 46.8 Å². The smallest absolute Gasteiger partial charge is 0.342 e. The van der Waals surface area contributed by atoms with Crippen LogP contribution in [-0.4, -0.2) is 44.3 Å². The predicted molar refractivity (Wildman–Crippen MR) is 88.8 cm³/mol. The van der Waals surface area contributed by atoms with E-state index in [1.807, 2.05) is 0 Å². The summed E-state index contributed by atoms with van der Waals surface area (Å²) in [5.74, 6) is -1.29. The summed E-state index contributed by atoms with van der Waals surface area (Å²) in [6, 6.07) is 0. The van der Waals surface area contributed by atoms with Gasteiger partial charge in [0.1, 0.15) is 5.78 Å². The van der Waals surface area contributed by atoms with E-state index in [1.54, 1.807) is 27.7 Å². The van der Waals surface area contributed by atoms with Crippen molar-refractivity contribution in [2.24, 2.45) is 0 Å². The Hall–Kier alpha value is -0.230. The van der Waals surface area contributed by atoms with Gasteiger partial charge in [0, 0.05) is 6.92 Å². The van der Waals surface area contributed by atoms with Gasteiger partial charge in [0.25, 0.3) is 0 Å². The second-order valence-corrected chi connectivity index (χ2v) is 8.96. The number of carbonyl (C=O) groups excluding carboxylic acids is 1. The molecule has 0 rings (SSSR count). The molecule has 0 bridgehead atoms. The van der Waals surface area contributed by atoms with Crippen LogP contribution in [0.4, 0.5) is 0 Å². The lowest BCUT2D eigenvalue weighted by molar-refractivity contribution is -0.119. The van der Waals surface area contributed by atoms with Gasteiger partial charge in [-0.3, -0.25) is 13.9 Å². The topological polar surface area (TPSA) is 100 Å². The van der Waals surface area contributed by atoms with Gasteiger partial charge in [-0.25, -0.2) is 0 Å². The first-order valence-corrected chi connectivity index (χ1v) is 11.1. The van der Waals surface area contributed by atoms with Crippen LogP contribution in [0.2, 0.25) is 0 Å². The third-order valence-corrected chi connectivity index (χ3v) is 7.19. The summed E-state index contributed by atoms with van der Waals surface area (Å²) in [7, 11) is -6.88. The minimum Gasteiger partial charge on any atom is -0.342 e. The molecule has 23 heavy (non-hydrogen) atoms. The molecule has 0 heterocycles. The fraction of sp³-hybridized carbons (Fsp3) is 0.923. The van der Waals surface area contributed by atoms with Gasteiger partial charge < -0.3 is 23.4 Å². The maximum absolute atomic E-state index is 12.9. The van der Waals surface area contributed by atoms with Gasteiger partial charge in [-0.2, -0.15) is 0 Å². The van der Waals surface area contributed by atoms with Crippen LogP contribution in [-0.2, 0) is 32.0 Å². The van der Waals surface area contributed by atoms with E-state index in [9.17, 15) is 13.9 Å². The zero-order valence-corrected chi connectivity index (χ0v) is 16.4. The van der Waals surface area contributed by atoms with Crippen LogP contribution in [0.5, 0.6) is 0 Å². The molecule has 1 unspecified atom stereocenters. The lowest BCUT2D eigenvalue weighted by Crippen LogP contribution is -2.35. The van der Waals surface area contributed by atoms with Gasteiger partial charge in [0.05, 0.1) is 32.6 Å². The lowest BCUT2D eigenvalue weighted by Gasteiger charge is -2.27. The van der Waals surface area contributed by atoms with Gasteiger partial charge in [0.2, 0.25) is 5.91 Å². The zero-order valence-electron chi connectivity index (χ0n) is 14.6. The molecule has 0 aliphatic heterocycles. The Balaban J connectivity index is 5.20. The molecule has 138 valence electrons. The number of hydrogen-bond donors (Lipinski definition) is 1. The maximum Gasteiger partial charge on any atom is 0.352 e. The highest BCUT2D eigenvalue weighted by molar-refractivity contribution is 7.55. The molecule has 0 aromatic rings. The van der Waals surface area contributed by atoms with E-state index in [2.05, 4.69) is 5.32 Å². The summed E-state index contributed by atoms with van der Waals surface area (Å²) in [5.41, 5.74) is 0. The quantitative estimate of drug-likeness (QED) is 0.494. The first kappa shape index (κ1) is 22.8. The normalized spacial score (nSPS) is 13.8. The van der Waals surface area contributed by atoms with Crippen LogP contribution < -0.4 is 5.32 Å². The second-order valence-electron chi connectivity index (χ2n) is 4.55. The van der Waals surface area contributed by atoms with Crippen LogP contribution in [0, 0.1) is 0 Å². The van der Waals surface area contributed by atoms with Crippen molar-refractivity contribution in [3.8, 4) is 0 Å². The third-order valence-electron chi connectivity index (χ3n) is 2.70. The third kappa shape index (κ3) is 8.43. The molecule has 0 saturated carbocycles. The van der Waals surface area contributed by atoms with Crippen molar-refractivity contribution in [1.29, 1.82) is 0 Å². The van der Waals surface area contributed by atoms with Crippen LogP contribution in [0.3, 0.4) is 0 Å². The van der Waals surface area contributed by atoms with Crippen LogP contribution in [0.1, 0.15) is 41.0 Å². The summed E-state index contributed by atoms with van der Waals surface area (Å²) >= 11 is 0. The summed E-state index contributed by atoms with van der Waals surface area (Å²) in [5, 5.41) is 2.56. The first-order valence-electron chi connectivity index (χ1n) is 7.80. The van der Waals surface area contributed by atoms with E-state index >= 15 is 0 Å². The minimum atomic E-state index is -3.57. The summed E-state index contributed by atoms with van der Waals surface area (Å²) in [6.45, 7) is 8.89. The molecule has 0 aliphatic carbocycles. The fourth-order valence-electron chi connectivity index (χ4n) is 1.96. The largest absolute Gasteiger partial charge is 0.352 e. The van der Waals surface area contributed by atoms with Crippen LogP contribution >= 0.6 is 15.2 Å². The summed E-state index contributed by atoms with van der Waals surface area (Å²) in [4.78, 5) is 11.4. The molecule has 0 saturated heterocycles. The highest BCUT2D eigenvalue weighted by atomic mass is 31.2. The highest BCUT2D eigenvalue weighted by Gasteiger charge is 2.38. The Labute approximate surface area is 138 Å². The van der Waals surface area contributed by atoms with Gasteiger partial charge in [0.15, 0.2) is 0 Å². The molecule has 0 aliphatic rings. The Morgan fingerprint density at radius 1 is 0.913 bits per heavy atom. The van der Waals surface area contributed by atoms with Crippen LogP contribution in [0.15, 0.2) is 0 Å². The molecular formula is C13H29NO7P2. The lowest BCUT2D eigenvalue weighted by atomic mass is 10.4. The molecular weight excluding hydrogens is 344 g/mol. The van der Waals surface area contributed by atoms with E-state index in [0.717, 1.165) is 0 Å². The standard InChI is InChI=1S/C13H29NO7P2/c1-6-18-22(16,19-7-2)11-10-13(14-12(5)15)23(17,20-8-3)21-9-4/h13H,6-11H2,1-5H3,(H,14,15). The second kappa shape index (κ2) is 11.3. The van der Waals surface area contributed by atoms with Crippen LogP contribution in [0.25, 0.3) is 0 Å². The number of nitrogens with one attached hydrogen (secondary N) is 1. The number of rotatable bonds is 13. The molecule has 0 fully saturated rings. The molecule has 8 nitrogen and oxygen atoms in total. The Kier molecular flexibility index (Phi) is 11.2. The Bertz CT molecular complexity index is 424. The highest BCUT2D eigenvalue weighted by Crippen LogP contribution is 2.56. The van der Waals surface area contributed by atoms with Gasteiger partial charge >= 0.3 is 15.2 Å². The van der Waals surface area contributed by atoms with E-state index in [0.29, 0.717) is 0 Å². The van der Waals surface area contributed by atoms with Crippen molar-refractivity contribution in [2.75, 3.05) is 32.6 Å². The minimum absolute atomic E-state index is 0.00374. The first-order chi connectivity index (χ1) is 10.8. The molecule has 1 N–H and O–H groups in total. The van der Waals surface area contributed by atoms with E-state index in [4.69, 9.17) is 18.1 Å². The molecule has 0 radical (unpaired) electrons. The molecule has 0 aromatic carbocycles. The van der Waals surface area contributed by atoms with Gasteiger partial charge in [-0.1, -0.05) is 0 Å². The van der Waals surface area contributed by atoms with E-state index < -0.39 is 21.0 Å². The number of amides is 1. The number of hydrogen-bond acceptors (Lipinski definition) is 7. The summed E-state index contributed by atoms with van der Waals surface area (Å²) < 4.78 is 46.3. The zero-order chi connectivity index (χ0) is 17.9. The monoisotopic (exact) mass is 373 g/mol. The van der Waals surface area contributed by atoms with Crippen molar-refractivity contribution in [3.05, 3.63) is 0 Å². The molecule has 10 heteroatoms. The maximum atomic E-state index is 12.9. The molecule has 1 amide bonds. The summed E-state index contributed by atoms with van der Waals surface area (Å²) in [6.07, 6.45) is 0.0951. The van der Waals surface area contributed by atoms with Crippen molar-refractivity contribution in [3.63, 3.8) is 0 Å².